The van der Waals surface area contributed by atoms with Gasteiger partial charge in [-0.2, -0.15) is 0 Å². The molecule has 1 aliphatic carbocycles. The van der Waals surface area contributed by atoms with Crippen LogP contribution in [0.4, 0.5) is 0 Å². The minimum atomic E-state index is -0.201. The van der Waals surface area contributed by atoms with Crippen LogP contribution in [0.25, 0.3) is 0 Å². The third kappa shape index (κ3) is 2.96. The Labute approximate surface area is 81.3 Å². The molecule has 0 saturated heterocycles. The Bertz CT molecular complexity index is 147. The average Bonchev–Trinajstić information content (AvgIpc) is 2.15. The zero-order chi connectivity index (χ0) is 9.73. The normalized spacial score (nSPS) is 34.8. The first kappa shape index (κ1) is 11.0. The van der Waals surface area contributed by atoms with Crippen LogP contribution in [0, 0.1) is 5.92 Å². The van der Waals surface area contributed by atoms with Gasteiger partial charge in [-0.05, 0) is 25.2 Å². The van der Waals surface area contributed by atoms with Gasteiger partial charge in [0.05, 0.1) is 12.2 Å². The SMILES string of the molecule is CCCOC1(CO)CCCC(C)C1. The molecule has 2 heteroatoms. The lowest BCUT2D eigenvalue weighted by Gasteiger charge is -2.38. The molecule has 78 valence electrons. The molecule has 13 heavy (non-hydrogen) atoms. The zero-order valence-electron chi connectivity index (χ0n) is 8.88. The lowest BCUT2D eigenvalue weighted by atomic mass is 9.79. The lowest BCUT2D eigenvalue weighted by Crippen LogP contribution is -2.41. The van der Waals surface area contributed by atoms with E-state index in [9.17, 15) is 5.11 Å². The van der Waals surface area contributed by atoms with E-state index >= 15 is 0 Å². The predicted molar refractivity (Wildman–Crippen MR) is 53.7 cm³/mol. The molecule has 0 amide bonds. The van der Waals surface area contributed by atoms with E-state index in [1.54, 1.807) is 0 Å². The summed E-state index contributed by atoms with van der Waals surface area (Å²) < 4.78 is 5.79. The maximum absolute atomic E-state index is 9.36. The molecule has 2 atom stereocenters. The molecule has 0 aromatic heterocycles. The maximum Gasteiger partial charge on any atom is 0.0914 e. The van der Waals surface area contributed by atoms with Crippen molar-refractivity contribution in [1.29, 1.82) is 0 Å². The smallest absolute Gasteiger partial charge is 0.0914 e. The highest BCUT2D eigenvalue weighted by molar-refractivity contribution is 4.86. The summed E-state index contributed by atoms with van der Waals surface area (Å²) in [5, 5.41) is 9.36. The lowest BCUT2D eigenvalue weighted by molar-refractivity contribution is -0.110. The molecule has 1 rings (SSSR count). The van der Waals surface area contributed by atoms with Crippen LogP contribution in [-0.4, -0.2) is 23.9 Å². The molecule has 1 fully saturated rings. The standard InChI is InChI=1S/C11H22O2/c1-3-7-13-11(9-12)6-4-5-10(2)8-11/h10,12H,3-9H2,1-2H3. The quantitative estimate of drug-likeness (QED) is 0.730. The van der Waals surface area contributed by atoms with Crippen LogP contribution in [0.2, 0.25) is 0 Å². The number of ether oxygens (including phenoxy) is 1. The van der Waals surface area contributed by atoms with Gasteiger partial charge in [0.2, 0.25) is 0 Å². The van der Waals surface area contributed by atoms with Crippen molar-refractivity contribution < 1.29 is 9.84 Å². The first-order valence-corrected chi connectivity index (χ1v) is 5.47. The monoisotopic (exact) mass is 186 g/mol. The van der Waals surface area contributed by atoms with E-state index in [2.05, 4.69) is 13.8 Å². The van der Waals surface area contributed by atoms with Crippen molar-refractivity contribution in [1.82, 2.24) is 0 Å². The molecule has 0 aromatic carbocycles. The van der Waals surface area contributed by atoms with Gasteiger partial charge in [-0.3, -0.25) is 0 Å². The van der Waals surface area contributed by atoms with Crippen molar-refractivity contribution in [3.8, 4) is 0 Å². The van der Waals surface area contributed by atoms with Gasteiger partial charge >= 0.3 is 0 Å². The number of hydrogen-bond donors (Lipinski definition) is 1. The summed E-state index contributed by atoms with van der Waals surface area (Å²) in [6.07, 6.45) is 5.59. The van der Waals surface area contributed by atoms with Gasteiger partial charge in [-0.1, -0.05) is 26.7 Å². The van der Waals surface area contributed by atoms with E-state index in [0.717, 1.165) is 25.9 Å². The molecular weight excluding hydrogens is 164 g/mol. The third-order valence-electron chi connectivity index (χ3n) is 2.95. The number of aliphatic hydroxyl groups excluding tert-OH is 1. The molecule has 0 radical (unpaired) electrons. The molecule has 1 aliphatic rings. The van der Waals surface area contributed by atoms with E-state index in [0.29, 0.717) is 5.92 Å². The van der Waals surface area contributed by atoms with Crippen molar-refractivity contribution in [3.05, 3.63) is 0 Å². The van der Waals surface area contributed by atoms with Crippen molar-refractivity contribution in [2.45, 2.75) is 51.6 Å². The van der Waals surface area contributed by atoms with Crippen LogP contribution in [-0.2, 0) is 4.74 Å². The average molecular weight is 186 g/mol. The van der Waals surface area contributed by atoms with Gasteiger partial charge < -0.3 is 9.84 Å². The molecule has 0 aromatic rings. The highest BCUT2D eigenvalue weighted by Gasteiger charge is 2.34. The molecule has 0 spiro atoms. The zero-order valence-corrected chi connectivity index (χ0v) is 8.88. The minimum absolute atomic E-state index is 0.192. The highest BCUT2D eigenvalue weighted by Crippen LogP contribution is 2.34. The first-order valence-electron chi connectivity index (χ1n) is 5.47. The molecule has 1 N–H and O–H groups in total. The second kappa shape index (κ2) is 4.97. The van der Waals surface area contributed by atoms with E-state index in [-0.39, 0.29) is 12.2 Å². The fourth-order valence-electron chi connectivity index (χ4n) is 2.25. The first-order chi connectivity index (χ1) is 6.22. The van der Waals surface area contributed by atoms with Crippen molar-refractivity contribution in [3.63, 3.8) is 0 Å². The van der Waals surface area contributed by atoms with Gasteiger partial charge in [0.25, 0.3) is 0 Å². The van der Waals surface area contributed by atoms with Crippen LogP contribution in [0.15, 0.2) is 0 Å². The van der Waals surface area contributed by atoms with E-state index in [1.165, 1.54) is 12.8 Å². The largest absolute Gasteiger partial charge is 0.393 e. The Morgan fingerprint density at radius 3 is 2.85 bits per heavy atom. The number of aliphatic hydroxyl groups is 1. The van der Waals surface area contributed by atoms with Crippen molar-refractivity contribution in [2.75, 3.05) is 13.2 Å². The molecule has 0 aliphatic heterocycles. The fraction of sp³-hybridized carbons (Fsp3) is 1.00. The summed E-state index contributed by atoms with van der Waals surface area (Å²) >= 11 is 0. The van der Waals surface area contributed by atoms with Crippen molar-refractivity contribution >= 4 is 0 Å². The second-order valence-electron chi connectivity index (χ2n) is 4.39. The molecule has 0 bridgehead atoms. The summed E-state index contributed by atoms with van der Waals surface area (Å²) in [6.45, 7) is 5.33. The summed E-state index contributed by atoms with van der Waals surface area (Å²) in [5.41, 5.74) is -0.201. The van der Waals surface area contributed by atoms with Crippen LogP contribution < -0.4 is 0 Å². The predicted octanol–water partition coefficient (Wildman–Crippen LogP) is 2.35. The molecule has 2 unspecified atom stereocenters. The summed E-state index contributed by atoms with van der Waals surface area (Å²) in [6, 6.07) is 0. The Balaban J connectivity index is 2.46. The van der Waals surface area contributed by atoms with Gasteiger partial charge in [0.1, 0.15) is 0 Å². The van der Waals surface area contributed by atoms with Crippen LogP contribution in [0.5, 0.6) is 0 Å². The van der Waals surface area contributed by atoms with Crippen LogP contribution >= 0.6 is 0 Å². The highest BCUT2D eigenvalue weighted by atomic mass is 16.5. The summed E-state index contributed by atoms with van der Waals surface area (Å²) in [7, 11) is 0. The minimum Gasteiger partial charge on any atom is -0.393 e. The van der Waals surface area contributed by atoms with E-state index in [4.69, 9.17) is 4.74 Å². The van der Waals surface area contributed by atoms with Gasteiger partial charge in [-0.15, -0.1) is 0 Å². The molecular formula is C11H22O2. The summed E-state index contributed by atoms with van der Waals surface area (Å²) in [5.74, 6) is 0.706. The van der Waals surface area contributed by atoms with Gasteiger partial charge in [0.15, 0.2) is 0 Å². The van der Waals surface area contributed by atoms with Crippen molar-refractivity contribution in [2.24, 2.45) is 5.92 Å². The Morgan fingerprint density at radius 2 is 2.31 bits per heavy atom. The Hall–Kier alpha value is -0.0800. The number of rotatable bonds is 4. The van der Waals surface area contributed by atoms with E-state index in [1.807, 2.05) is 0 Å². The van der Waals surface area contributed by atoms with Gasteiger partial charge in [-0.25, -0.2) is 0 Å². The number of hydrogen-bond acceptors (Lipinski definition) is 2. The van der Waals surface area contributed by atoms with Gasteiger partial charge in [0, 0.05) is 6.61 Å². The fourth-order valence-corrected chi connectivity index (χ4v) is 2.25. The molecule has 2 nitrogen and oxygen atoms in total. The van der Waals surface area contributed by atoms with E-state index < -0.39 is 0 Å². The van der Waals surface area contributed by atoms with Crippen LogP contribution in [0.3, 0.4) is 0 Å². The summed E-state index contributed by atoms with van der Waals surface area (Å²) in [4.78, 5) is 0. The topological polar surface area (TPSA) is 29.5 Å². The molecule has 1 saturated carbocycles. The maximum atomic E-state index is 9.36. The molecule has 0 heterocycles. The Morgan fingerprint density at radius 1 is 1.54 bits per heavy atom. The third-order valence-corrected chi connectivity index (χ3v) is 2.95. The second-order valence-corrected chi connectivity index (χ2v) is 4.39. The Kier molecular flexibility index (Phi) is 4.20. The van der Waals surface area contributed by atoms with Crippen LogP contribution in [0.1, 0.15) is 46.0 Å².